The van der Waals surface area contributed by atoms with Crippen LogP contribution in [0.15, 0.2) is 12.3 Å². The minimum Gasteiger partial charge on any atom is -0.444 e. The van der Waals surface area contributed by atoms with Crippen LogP contribution in [0.2, 0.25) is 0 Å². The summed E-state index contributed by atoms with van der Waals surface area (Å²) in [5.74, 6) is -0.0335. The Morgan fingerprint density at radius 3 is 2.75 bits per heavy atom. The molecule has 1 atom stereocenters. The van der Waals surface area contributed by atoms with Crippen LogP contribution in [0.4, 0.5) is 4.79 Å². The zero-order valence-electron chi connectivity index (χ0n) is 12.7. The summed E-state index contributed by atoms with van der Waals surface area (Å²) >= 11 is 0. The van der Waals surface area contributed by atoms with E-state index in [0.29, 0.717) is 25.3 Å². The van der Waals surface area contributed by atoms with Gasteiger partial charge >= 0.3 is 6.09 Å². The maximum absolute atomic E-state index is 11.7. The number of nitrogens with one attached hydrogen (secondary N) is 1. The number of morpholine rings is 1. The lowest BCUT2D eigenvalue weighted by molar-refractivity contribution is -0.145. The number of rotatable bonds is 4. The first-order valence-corrected chi connectivity index (χ1v) is 6.74. The van der Waals surface area contributed by atoms with Crippen molar-refractivity contribution in [3.05, 3.63) is 12.3 Å². The summed E-state index contributed by atoms with van der Waals surface area (Å²) in [5, 5.41) is 2.60. The second-order valence-electron chi connectivity index (χ2n) is 5.92. The maximum atomic E-state index is 11.7. The highest BCUT2D eigenvalue weighted by Gasteiger charge is 2.24. The number of amides is 2. The molecule has 0 saturated carbocycles. The number of nitrogens with zero attached hydrogens (tertiary/aromatic N) is 1. The second kappa shape index (κ2) is 6.74. The molecule has 0 spiro atoms. The van der Waals surface area contributed by atoms with E-state index < -0.39 is 11.7 Å². The summed E-state index contributed by atoms with van der Waals surface area (Å²) in [6, 6.07) is -0.0335. The summed E-state index contributed by atoms with van der Waals surface area (Å²) in [4.78, 5) is 25.0. The van der Waals surface area contributed by atoms with E-state index in [1.165, 1.54) is 0 Å². The largest absolute Gasteiger partial charge is 0.444 e. The average molecular weight is 284 g/mol. The van der Waals surface area contributed by atoms with E-state index in [9.17, 15) is 9.59 Å². The van der Waals surface area contributed by atoms with Gasteiger partial charge < -0.3 is 14.4 Å². The molecule has 6 nitrogen and oxygen atoms in total. The Balaban J connectivity index is 2.41. The Morgan fingerprint density at radius 1 is 1.55 bits per heavy atom. The van der Waals surface area contributed by atoms with E-state index in [-0.39, 0.29) is 18.6 Å². The maximum Gasteiger partial charge on any atom is 0.411 e. The van der Waals surface area contributed by atoms with Crippen molar-refractivity contribution in [3.8, 4) is 0 Å². The summed E-state index contributed by atoms with van der Waals surface area (Å²) in [5.41, 5.74) is -0.0121. The van der Waals surface area contributed by atoms with E-state index in [1.807, 2.05) is 6.92 Å². The number of alkyl carbamates (subject to hydrolysis) is 1. The van der Waals surface area contributed by atoms with Crippen LogP contribution in [0, 0.1) is 0 Å². The van der Waals surface area contributed by atoms with E-state index in [2.05, 4.69) is 11.9 Å². The van der Waals surface area contributed by atoms with Gasteiger partial charge in [-0.15, -0.1) is 0 Å². The number of carbonyl (C=O) groups excluding carboxylic acids is 2. The highest BCUT2D eigenvalue weighted by Crippen LogP contribution is 2.12. The van der Waals surface area contributed by atoms with Crippen molar-refractivity contribution in [2.75, 3.05) is 19.8 Å². The van der Waals surface area contributed by atoms with Gasteiger partial charge in [-0.05, 0) is 27.7 Å². The molecule has 1 heterocycles. The Morgan fingerprint density at radius 2 is 2.20 bits per heavy atom. The first-order valence-electron chi connectivity index (χ1n) is 6.74. The molecule has 1 rings (SSSR count). The molecule has 1 aliphatic heterocycles. The highest BCUT2D eigenvalue weighted by molar-refractivity contribution is 5.78. The van der Waals surface area contributed by atoms with E-state index in [4.69, 9.17) is 9.47 Å². The quantitative estimate of drug-likeness (QED) is 0.852. The Kier molecular flexibility index (Phi) is 5.56. The smallest absolute Gasteiger partial charge is 0.411 e. The van der Waals surface area contributed by atoms with Crippen LogP contribution in [-0.4, -0.2) is 48.3 Å². The van der Waals surface area contributed by atoms with Crippen LogP contribution in [0.3, 0.4) is 0 Å². The predicted molar refractivity (Wildman–Crippen MR) is 75.1 cm³/mol. The fraction of sp³-hybridized carbons (Fsp3) is 0.714. The molecular formula is C14H24N2O4. The summed E-state index contributed by atoms with van der Waals surface area (Å²) < 4.78 is 10.2. The molecule has 1 N–H and O–H groups in total. The molecule has 1 unspecified atom stereocenters. The summed E-state index contributed by atoms with van der Waals surface area (Å²) in [7, 11) is 0. The van der Waals surface area contributed by atoms with Crippen molar-refractivity contribution in [1.29, 1.82) is 0 Å². The van der Waals surface area contributed by atoms with E-state index >= 15 is 0 Å². The third-order valence-electron chi connectivity index (χ3n) is 2.77. The SMILES string of the molecule is C=C(CC(C)N1CCOCC1=O)NC(=O)OC(C)(C)C. The molecule has 0 bridgehead atoms. The zero-order chi connectivity index (χ0) is 15.3. The lowest BCUT2D eigenvalue weighted by Crippen LogP contribution is -2.47. The van der Waals surface area contributed by atoms with Crippen LogP contribution in [-0.2, 0) is 14.3 Å². The summed E-state index contributed by atoms with van der Waals surface area (Å²) in [6.07, 6.45) is -0.0339. The molecule has 6 heteroatoms. The molecule has 0 aromatic rings. The van der Waals surface area contributed by atoms with Gasteiger partial charge in [-0.25, -0.2) is 4.79 Å². The molecule has 114 valence electrons. The summed E-state index contributed by atoms with van der Waals surface area (Å²) in [6.45, 7) is 12.3. The van der Waals surface area contributed by atoms with Gasteiger partial charge in [0.1, 0.15) is 12.2 Å². The molecule has 0 aliphatic carbocycles. The van der Waals surface area contributed by atoms with Crippen LogP contribution in [0.1, 0.15) is 34.1 Å². The van der Waals surface area contributed by atoms with Crippen LogP contribution in [0.5, 0.6) is 0 Å². The van der Waals surface area contributed by atoms with Gasteiger partial charge in [0.25, 0.3) is 0 Å². The molecule has 20 heavy (non-hydrogen) atoms. The fourth-order valence-corrected chi connectivity index (χ4v) is 1.96. The topological polar surface area (TPSA) is 67.9 Å². The first kappa shape index (κ1) is 16.5. The minimum absolute atomic E-state index is 0.0335. The Labute approximate surface area is 120 Å². The van der Waals surface area contributed by atoms with Crippen LogP contribution in [0.25, 0.3) is 0 Å². The van der Waals surface area contributed by atoms with Crippen LogP contribution >= 0.6 is 0 Å². The lowest BCUT2D eigenvalue weighted by Gasteiger charge is -2.32. The predicted octanol–water partition coefficient (Wildman–Crippen LogP) is 1.66. The Bertz CT molecular complexity index is 387. The molecular weight excluding hydrogens is 260 g/mol. The van der Waals surface area contributed by atoms with Crippen molar-refractivity contribution in [2.24, 2.45) is 0 Å². The van der Waals surface area contributed by atoms with E-state index in [0.717, 1.165) is 0 Å². The van der Waals surface area contributed by atoms with Gasteiger partial charge in [0.05, 0.1) is 6.61 Å². The molecule has 1 fully saturated rings. The minimum atomic E-state index is -0.545. The van der Waals surface area contributed by atoms with Gasteiger partial charge in [-0.3, -0.25) is 10.1 Å². The Hall–Kier alpha value is -1.56. The number of hydrogen-bond acceptors (Lipinski definition) is 4. The van der Waals surface area contributed by atoms with E-state index in [1.54, 1.807) is 25.7 Å². The van der Waals surface area contributed by atoms with Crippen molar-refractivity contribution in [1.82, 2.24) is 10.2 Å². The van der Waals surface area contributed by atoms with Gasteiger partial charge in [-0.1, -0.05) is 6.58 Å². The third-order valence-corrected chi connectivity index (χ3v) is 2.77. The third kappa shape index (κ3) is 5.61. The molecule has 0 aromatic heterocycles. The van der Waals surface area contributed by atoms with Crippen molar-refractivity contribution < 1.29 is 19.1 Å². The fourth-order valence-electron chi connectivity index (χ4n) is 1.96. The monoisotopic (exact) mass is 284 g/mol. The molecule has 2 amide bonds. The van der Waals surface area contributed by atoms with Gasteiger partial charge in [0.15, 0.2) is 0 Å². The average Bonchev–Trinajstić information content (AvgIpc) is 2.25. The van der Waals surface area contributed by atoms with Gasteiger partial charge in [0.2, 0.25) is 5.91 Å². The van der Waals surface area contributed by atoms with Gasteiger partial charge in [0, 0.05) is 24.7 Å². The van der Waals surface area contributed by atoms with Crippen molar-refractivity contribution in [2.45, 2.75) is 45.8 Å². The van der Waals surface area contributed by atoms with Crippen molar-refractivity contribution >= 4 is 12.0 Å². The molecule has 1 saturated heterocycles. The second-order valence-corrected chi connectivity index (χ2v) is 5.92. The molecule has 0 radical (unpaired) electrons. The highest BCUT2D eigenvalue weighted by atomic mass is 16.6. The zero-order valence-corrected chi connectivity index (χ0v) is 12.7. The number of hydrogen-bond donors (Lipinski definition) is 1. The number of ether oxygens (including phenoxy) is 2. The first-order chi connectivity index (χ1) is 9.19. The molecule has 1 aliphatic rings. The normalized spacial score (nSPS) is 17.6. The van der Waals surface area contributed by atoms with Gasteiger partial charge in [-0.2, -0.15) is 0 Å². The van der Waals surface area contributed by atoms with Crippen molar-refractivity contribution in [3.63, 3.8) is 0 Å². The number of carbonyl (C=O) groups is 2. The standard InChI is InChI=1S/C14H24N2O4/c1-10(15-13(18)20-14(3,4)5)8-11(2)16-6-7-19-9-12(16)17/h11H,1,6-9H2,2-5H3,(H,15,18). The molecule has 0 aromatic carbocycles. The van der Waals surface area contributed by atoms with Crippen LogP contribution < -0.4 is 5.32 Å². The lowest BCUT2D eigenvalue weighted by atomic mass is 10.1.